The van der Waals surface area contributed by atoms with Gasteiger partial charge in [-0.1, -0.05) is 6.92 Å². The summed E-state index contributed by atoms with van der Waals surface area (Å²) in [6.07, 6.45) is 0. The zero-order valence-corrected chi connectivity index (χ0v) is 9.87. The molecule has 0 aliphatic rings. The number of hydrogen-bond acceptors (Lipinski definition) is 0. The van der Waals surface area contributed by atoms with Gasteiger partial charge in [0, 0.05) is 22.4 Å². The van der Waals surface area contributed by atoms with Gasteiger partial charge in [-0.2, -0.15) is 12.1 Å². The van der Waals surface area contributed by atoms with E-state index in [4.69, 9.17) is 11.6 Å². The number of alkyl halides is 1. The maximum absolute atomic E-state index is 5.74. The van der Waals surface area contributed by atoms with Crippen molar-refractivity contribution < 1.29 is 17.1 Å². The molecule has 0 radical (unpaired) electrons. The van der Waals surface area contributed by atoms with Crippen molar-refractivity contribution in [2.75, 3.05) is 0 Å². The fraction of sp³-hybridized carbons (Fsp3) is 0.167. The summed E-state index contributed by atoms with van der Waals surface area (Å²) in [6, 6.07) is 18.0. The number of halogens is 1. The molecule has 0 fully saturated rings. The van der Waals surface area contributed by atoms with Crippen LogP contribution < -0.4 is 0 Å². The molecule has 82 valence electrons. The minimum Gasteiger partial charge on any atom is -0.748 e. The summed E-state index contributed by atoms with van der Waals surface area (Å²) in [7, 11) is 0. The molecule has 2 heteroatoms. The Labute approximate surface area is 101 Å². The minimum absolute atomic E-state index is 0. The van der Waals surface area contributed by atoms with Gasteiger partial charge in [0.2, 0.25) is 0 Å². The monoisotopic (exact) mass is 248 g/mol. The Balaban J connectivity index is 0.000000246. The molecular weight excluding hydrogens is 235 g/mol. The summed E-state index contributed by atoms with van der Waals surface area (Å²) in [4.78, 5) is 0. The van der Waals surface area contributed by atoms with Gasteiger partial charge >= 0.3 is 0 Å². The first-order valence-electron chi connectivity index (χ1n) is 4.33. The molecule has 0 spiro atoms. The van der Waals surface area contributed by atoms with Crippen molar-refractivity contribution >= 4 is 11.6 Å². The molecule has 1 atom stereocenters. The van der Waals surface area contributed by atoms with Gasteiger partial charge in [-0.05, 0) is 0 Å². The van der Waals surface area contributed by atoms with Crippen LogP contribution in [0.3, 0.4) is 0 Å². The first kappa shape index (κ1) is 13.5. The van der Waals surface area contributed by atoms with E-state index in [1.165, 1.54) is 5.56 Å². The van der Waals surface area contributed by atoms with E-state index < -0.39 is 0 Å². The van der Waals surface area contributed by atoms with Crippen molar-refractivity contribution in [3.8, 4) is 0 Å². The average molecular weight is 249 g/mol. The standard InChI is InChI=1S/C7H8Cl.C5H5.Fe/c1-6(8)7-4-2-3-5-7;1-2-4-5-3-1;/h2-6H,1H3;1-5H;/q-1;-5;. The number of hydrogen-bond donors (Lipinski definition) is 0. The summed E-state index contributed by atoms with van der Waals surface area (Å²) in [5, 5.41) is 0.157. The van der Waals surface area contributed by atoms with Gasteiger partial charge in [0.1, 0.15) is 0 Å². The van der Waals surface area contributed by atoms with E-state index in [0.717, 1.165) is 0 Å². The molecule has 14 heavy (non-hydrogen) atoms. The van der Waals surface area contributed by atoms with Crippen molar-refractivity contribution in [3.05, 3.63) is 60.2 Å². The van der Waals surface area contributed by atoms with Crippen LogP contribution in [0.2, 0.25) is 0 Å². The summed E-state index contributed by atoms with van der Waals surface area (Å²) in [5.41, 5.74) is 1.20. The molecule has 0 aliphatic carbocycles. The average Bonchev–Trinajstić information content (AvgIpc) is 2.82. The molecule has 0 bridgehead atoms. The third-order valence-electron chi connectivity index (χ3n) is 1.70. The van der Waals surface area contributed by atoms with Crippen molar-refractivity contribution in [2.24, 2.45) is 0 Å². The molecule has 0 heterocycles. The third-order valence-corrected chi connectivity index (χ3v) is 1.96. The zero-order valence-electron chi connectivity index (χ0n) is 8.01. The molecule has 0 aliphatic heterocycles. The molecule has 0 saturated carbocycles. The smallest absolute Gasteiger partial charge is 0.0111 e. The normalized spacial score (nSPS) is 10.7. The van der Waals surface area contributed by atoms with Crippen LogP contribution in [0, 0.1) is 0 Å². The van der Waals surface area contributed by atoms with Crippen LogP contribution in [0.15, 0.2) is 54.6 Å². The Morgan fingerprint density at radius 1 is 1.00 bits per heavy atom. The van der Waals surface area contributed by atoms with Crippen molar-refractivity contribution in [1.82, 2.24) is 0 Å². The van der Waals surface area contributed by atoms with E-state index in [1.807, 2.05) is 61.5 Å². The Bertz CT molecular complexity index is 265. The largest absolute Gasteiger partial charge is 0.748 e. The van der Waals surface area contributed by atoms with Gasteiger partial charge in [-0.25, -0.2) is 12.1 Å². The molecule has 2 aromatic rings. The van der Waals surface area contributed by atoms with E-state index >= 15 is 0 Å². The van der Waals surface area contributed by atoms with Crippen LogP contribution in [0.4, 0.5) is 0 Å². The maximum atomic E-state index is 5.74. The molecule has 0 nitrogen and oxygen atoms in total. The molecule has 1 unspecified atom stereocenters. The minimum atomic E-state index is 0. The molecule has 0 N–H and O–H groups in total. The predicted octanol–water partition coefficient (Wildman–Crippen LogP) is 4.11. The first-order chi connectivity index (χ1) is 6.30. The third kappa shape index (κ3) is 5.28. The van der Waals surface area contributed by atoms with Crippen LogP contribution in [-0.4, -0.2) is 0 Å². The van der Waals surface area contributed by atoms with E-state index in [0.29, 0.717) is 0 Å². The van der Waals surface area contributed by atoms with Gasteiger partial charge in [0.25, 0.3) is 0 Å². The Kier molecular flexibility index (Phi) is 7.60. The first-order valence-corrected chi connectivity index (χ1v) is 4.76. The van der Waals surface area contributed by atoms with Crippen LogP contribution in [0.25, 0.3) is 0 Å². The van der Waals surface area contributed by atoms with Gasteiger partial charge in [0.05, 0.1) is 0 Å². The summed E-state index contributed by atoms with van der Waals surface area (Å²) < 4.78 is 0. The fourth-order valence-electron chi connectivity index (χ4n) is 0.975. The SMILES string of the molecule is CC(Cl)[c-]1cccc1.[Fe].[cH-]1[cH-][cH-][cH-][cH-]1. The van der Waals surface area contributed by atoms with Gasteiger partial charge < -0.3 is 30.3 Å². The van der Waals surface area contributed by atoms with Crippen LogP contribution in [0.1, 0.15) is 17.9 Å². The summed E-state index contributed by atoms with van der Waals surface area (Å²) in [6.45, 7) is 1.97. The van der Waals surface area contributed by atoms with E-state index in [9.17, 15) is 0 Å². The van der Waals surface area contributed by atoms with Crippen LogP contribution in [0.5, 0.6) is 0 Å². The molecule has 0 saturated heterocycles. The van der Waals surface area contributed by atoms with E-state index in [-0.39, 0.29) is 22.4 Å². The quantitative estimate of drug-likeness (QED) is 0.405. The van der Waals surface area contributed by atoms with E-state index in [1.54, 1.807) is 0 Å². The zero-order chi connectivity index (χ0) is 9.52. The molecule has 0 amide bonds. The fourth-order valence-corrected chi connectivity index (χ4v) is 1.12. The van der Waals surface area contributed by atoms with Gasteiger partial charge in [0.15, 0.2) is 0 Å². The van der Waals surface area contributed by atoms with Crippen LogP contribution in [-0.2, 0) is 17.1 Å². The van der Waals surface area contributed by atoms with Crippen molar-refractivity contribution in [1.29, 1.82) is 0 Å². The second-order valence-electron chi connectivity index (χ2n) is 2.80. The van der Waals surface area contributed by atoms with Gasteiger partial charge in [-0.3, -0.25) is 0 Å². The Morgan fingerprint density at radius 2 is 1.36 bits per heavy atom. The molecule has 2 aromatic carbocycles. The van der Waals surface area contributed by atoms with Crippen LogP contribution >= 0.6 is 11.6 Å². The predicted molar refractivity (Wildman–Crippen MR) is 58.3 cm³/mol. The summed E-state index contributed by atoms with van der Waals surface area (Å²) >= 11 is 5.74. The molecular formula is C12H13ClFe-6. The van der Waals surface area contributed by atoms with Crippen molar-refractivity contribution in [2.45, 2.75) is 12.3 Å². The van der Waals surface area contributed by atoms with Crippen molar-refractivity contribution in [3.63, 3.8) is 0 Å². The second-order valence-corrected chi connectivity index (χ2v) is 3.45. The second kappa shape index (κ2) is 7.87. The Hall–Kier alpha value is -0.491. The van der Waals surface area contributed by atoms with E-state index in [2.05, 4.69) is 0 Å². The summed E-state index contributed by atoms with van der Waals surface area (Å²) in [5.74, 6) is 0. The maximum Gasteiger partial charge on any atom is 0.0111 e. The Morgan fingerprint density at radius 3 is 1.57 bits per heavy atom. The topological polar surface area (TPSA) is 0 Å². The van der Waals surface area contributed by atoms with Gasteiger partial charge in [-0.15, -0.1) is 17.2 Å². The molecule has 2 rings (SSSR count). The number of rotatable bonds is 1. The molecule has 0 aromatic heterocycles.